The number of carbonyl (C=O) groups is 3. The zero-order valence-corrected chi connectivity index (χ0v) is 18.6. The maximum Gasteiger partial charge on any atom is 0.343 e. The summed E-state index contributed by atoms with van der Waals surface area (Å²) in [5.41, 5.74) is 0. The summed E-state index contributed by atoms with van der Waals surface area (Å²) in [6, 6.07) is 28.8. The van der Waals surface area contributed by atoms with Gasteiger partial charge in [-0.3, -0.25) is 4.79 Å². The topological polar surface area (TPSA) is 60.4 Å². The van der Waals surface area contributed by atoms with Gasteiger partial charge in [-0.15, -0.1) is 0 Å². The second kappa shape index (κ2) is 11.2. The van der Waals surface area contributed by atoms with Gasteiger partial charge in [-0.25, -0.2) is 4.79 Å². The molecule has 4 nitrogen and oxygen atoms in total. The van der Waals surface area contributed by atoms with Crippen molar-refractivity contribution in [1.82, 2.24) is 0 Å². The van der Waals surface area contributed by atoms with Crippen LogP contribution in [0.1, 0.15) is 12.8 Å². The van der Waals surface area contributed by atoms with Crippen LogP contribution in [0.5, 0.6) is 0 Å². The molecule has 0 amide bonds. The number of benzene rings is 3. The van der Waals surface area contributed by atoms with Gasteiger partial charge < -0.3 is 9.53 Å². The first-order valence-corrected chi connectivity index (χ1v) is 12.1. The van der Waals surface area contributed by atoms with Gasteiger partial charge >= 0.3 is 5.97 Å². The Hall–Kier alpha value is -3.49. The minimum Gasteiger partial charge on any atom is -0.458 e. The molecule has 0 unspecified atom stereocenters. The van der Waals surface area contributed by atoms with Crippen molar-refractivity contribution < 1.29 is 19.1 Å². The predicted octanol–water partition coefficient (Wildman–Crippen LogP) is 3.43. The van der Waals surface area contributed by atoms with Crippen molar-refractivity contribution in [3.63, 3.8) is 0 Å². The quantitative estimate of drug-likeness (QED) is 0.158. The highest BCUT2D eigenvalue weighted by Crippen LogP contribution is 2.46. The third-order valence-corrected chi connectivity index (χ3v) is 9.37. The van der Waals surface area contributed by atoms with E-state index in [1.165, 1.54) is 6.08 Å². The number of rotatable bonds is 10. The van der Waals surface area contributed by atoms with Crippen LogP contribution in [0.2, 0.25) is 0 Å². The molecule has 5 heteroatoms. The molecule has 0 aromatic heterocycles. The van der Waals surface area contributed by atoms with E-state index in [4.69, 9.17) is 4.74 Å². The van der Waals surface area contributed by atoms with Crippen molar-refractivity contribution in [2.75, 3.05) is 6.61 Å². The number of carbonyl (C=O) groups excluding carboxylic acids is 3. The highest BCUT2D eigenvalue weighted by Gasteiger charge is 2.37. The van der Waals surface area contributed by atoms with Crippen LogP contribution in [0.4, 0.5) is 0 Å². The van der Waals surface area contributed by atoms with Crippen LogP contribution >= 0.6 is 6.89 Å². The van der Waals surface area contributed by atoms with E-state index in [1.807, 2.05) is 91.0 Å². The maximum atomic E-state index is 13.6. The third kappa shape index (κ3) is 4.71. The fourth-order valence-corrected chi connectivity index (χ4v) is 8.09. The lowest BCUT2D eigenvalue weighted by Gasteiger charge is -2.31. The number of hydrogen-bond donors (Lipinski definition) is 0. The van der Waals surface area contributed by atoms with Gasteiger partial charge in [0.2, 0.25) is 0 Å². The van der Waals surface area contributed by atoms with Gasteiger partial charge in [0.1, 0.15) is 18.2 Å². The SMILES string of the molecule is C=CCOC(=O)C(C(=O)CCC=O)=P(c1ccccc1)(c1ccccc1)c1ccccc1. The minimum atomic E-state index is -2.91. The van der Waals surface area contributed by atoms with Gasteiger partial charge in [0, 0.05) is 12.8 Å². The lowest BCUT2D eigenvalue weighted by Crippen LogP contribution is -2.38. The van der Waals surface area contributed by atoms with E-state index in [0.717, 1.165) is 15.9 Å². The van der Waals surface area contributed by atoms with Crippen LogP contribution in [-0.2, 0) is 19.1 Å². The summed E-state index contributed by atoms with van der Waals surface area (Å²) >= 11 is 0. The first-order valence-electron chi connectivity index (χ1n) is 10.3. The molecule has 0 heterocycles. The number of esters is 1. The molecule has 0 atom stereocenters. The third-order valence-electron chi connectivity index (χ3n) is 5.04. The molecule has 0 aliphatic heterocycles. The fourth-order valence-electron chi connectivity index (χ4n) is 3.74. The number of ether oxygens (including phenoxy) is 1. The second-order valence-electron chi connectivity index (χ2n) is 7.04. The fraction of sp³-hybridized carbons (Fsp3) is 0.111. The Kier molecular flexibility index (Phi) is 8.13. The first-order chi connectivity index (χ1) is 15.7. The van der Waals surface area contributed by atoms with Crippen molar-refractivity contribution in [3.05, 3.63) is 104 Å². The first kappa shape index (κ1) is 23.2. The molecule has 0 N–H and O–H groups in total. The van der Waals surface area contributed by atoms with Gasteiger partial charge in [-0.05, 0) is 22.8 Å². The van der Waals surface area contributed by atoms with Crippen LogP contribution in [-0.4, -0.2) is 29.9 Å². The number of aldehydes is 1. The molecule has 0 fully saturated rings. The summed E-state index contributed by atoms with van der Waals surface area (Å²) in [6.45, 7) is 0.689. The number of Topliss-reactive ketones (excluding diaryl/α,β-unsaturated/α-hetero) is 1. The lowest BCUT2D eigenvalue weighted by molar-refractivity contribution is -0.135. The molecule has 32 heavy (non-hydrogen) atoms. The van der Waals surface area contributed by atoms with Gasteiger partial charge in [0.05, 0.1) is 0 Å². The zero-order chi connectivity index (χ0) is 22.8. The van der Waals surface area contributed by atoms with E-state index < -0.39 is 12.9 Å². The maximum absolute atomic E-state index is 13.6. The normalized spacial score (nSPS) is 10.8. The Balaban J connectivity index is 2.55. The van der Waals surface area contributed by atoms with E-state index in [0.29, 0.717) is 6.29 Å². The van der Waals surface area contributed by atoms with Crippen molar-refractivity contribution in [3.8, 4) is 0 Å². The van der Waals surface area contributed by atoms with Gasteiger partial charge in [0.15, 0.2) is 5.78 Å². The predicted molar refractivity (Wildman–Crippen MR) is 132 cm³/mol. The summed E-state index contributed by atoms with van der Waals surface area (Å²) in [5, 5.41) is 2.68. The van der Waals surface area contributed by atoms with Crippen LogP contribution < -0.4 is 15.9 Å². The summed E-state index contributed by atoms with van der Waals surface area (Å²) in [5.74, 6) is -1.05. The highest BCUT2D eigenvalue weighted by molar-refractivity contribution is 7.97. The van der Waals surface area contributed by atoms with E-state index in [1.54, 1.807) is 0 Å². The molecule has 0 spiro atoms. The molecule has 3 rings (SSSR count). The Labute approximate surface area is 188 Å². The van der Waals surface area contributed by atoms with Gasteiger partial charge in [-0.1, -0.05) is 104 Å². The second-order valence-corrected chi connectivity index (χ2v) is 10.4. The van der Waals surface area contributed by atoms with E-state index in [-0.39, 0.29) is 30.5 Å². The Morgan fingerprint density at radius 1 is 0.781 bits per heavy atom. The van der Waals surface area contributed by atoms with Crippen molar-refractivity contribution in [1.29, 1.82) is 0 Å². The standard InChI is InChI=1S/C27H25O4P/c1-2-21-31-27(30)26(25(29)19-12-20-28)32(22-13-6-3-7-14-22,23-15-8-4-9-16-23)24-17-10-5-11-18-24/h2-11,13-18,20H,1,12,19,21H2. The molecular weight excluding hydrogens is 419 g/mol. The van der Waals surface area contributed by atoms with Crippen molar-refractivity contribution >= 4 is 46.1 Å². The van der Waals surface area contributed by atoms with Crippen LogP contribution in [0.15, 0.2) is 104 Å². The molecule has 0 saturated carbocycles. The summed E-state index contributed by atoms with van der Waals surface area (Å²) in [6.07, 6.45) is 2.14. The monoisotopic (exact) mass is 444 g/mol. The lowest BCUT2D eigenvalue weighted by atomic mass is 10.2. The van der Waals surface area contributed by atoms with E-state index in [2.05, 4.69) is 6.58 Å². The highest BCUT2D eigenvalue weighted by atomic mass is 31.2. The number of hydrogen-bond acceptors (Lipinski definition) is 4. The largest absolute Gasteiger partial charge is 0.458 e. The Morgan fingerprint density at radius 3 is 1.59 bits per heavy atom. The van der Waals surface area contributed by atoms with Crippen LogP contribution in [0, 0.1) is 0 Å². The van der Waals surface area contributed by atoms with E-state index in [9.17, 15) is 14.4 Å². The molecule has 3 aromatic carbocycles. The average molecular weight is 444 g/mol. The molecule has 0 aliphatic rings. The molecule has 0 radical (unpaired) electrons. The number of ketones is 1. The smallest absolute Gasteiger partial charge is 0.343 e. The summed E-state index contributed by atoms with van der Waals surface area (Å²) in [7, 11) is 0. The Bertz CT molecular complexity index is 1010. The molecule has 0 aliphatic carbocycles. The summed E-state index contributed by atoms with van der Waals surface area (Å²) in [4.78, 5) is 38.1. The zero-order valence-electron chi connectivity index (χ0n) is 17.7. The molecule has 162 valence electrons. The van der Waals surface area contributed by atoms with Gasteiger partial charge in [0.25, 0.3) is 0 Å². The average Bonchev–Trinajstić information content (AvgIpc) is 2.86. The van der Waals surface area contributed by atoms with Crippen LogP contribution in [0.25, 0.3) is 0 Å². The van der Waals surface area contributed by atoms with Gasteiger partial charge in [-0.2, -0.15) is 0 Å². The van der Waals surface area contributed by atoms with Crippen molar-refractivity contribution in [2.24, 2.45) is 0 Å². The summed E-state index contributed by atoms with van der Waals surface area (Å²) < 4.78 is 5.45. The Morgan fingerprint density at radius 2 is 1.22 bits per heavy atom. The van der Waals surface area contributed by atoms with Crippen LogP contribution in [0.3, 0.4) is 0 Å². The van der Waals surface area contributed by atoms with E-state index >= 15 is 0 Å². The minimum absolute atomic E-state index is 0.0122. The molecular formula is C27H25O4P. The molecule has 0 bridgehead atoms. The van der Waals surface area contributed by atoms with Crippen molar-refractivity contribution in [2.45, 2.75) is 12.8 Å². The molecule has 0 saturated heterocycles. The molecule has 3 aromatic rings.